The summed E-state index contributed by atoms with van der Waals surface area (Å²) in [6.45, 7) is 3.49. The molecule has 17 heavy (non-hydrogen) atoms. The highest BCUT2D eigenvalue weighted by atomic mass is 35.5. The summed E-state index contributed by atoms with van der Waals surface area (Å²) in [5, 5.41) is 0.0843. The second-order valence-corrected chi connectivity index (χ2v) is 6.92. The first-order valence-corrected chi connectivity index (χ1v) is 7.74. The van der Waals surface area contributed by atoms with Crippen molar-refractivity contribution < 1.29 is 8.42 Å². The first-order chi connectivity index (χ1) is 7.92. The van der Waals surface area contributed by atoms with Crippen LogP contribution in [0.25, 0.3) is 0 Å². The predicted molar refractivity (Wildman–Crippen MR) is 71.9 cm³/mol. The largest absolute Gasteiger partial charge is 0.323 e. The van der Waals surface area contributed by atoms with E-state index < -0.39 is 21.1 Å². The number of sulfone groups is 1. The minimum atomic E-state index is -3.13. The Balaban J connectivity index is 3.02. The Morgan fingerprint density at radius 3 is 2.18 bits per heavy atom. The average molecular weight is 276 g/mol. The summed E-state index contributed by atoms with van der Waals surface area (Å²) >= 11 is 5.79. The number of rotatable bonds is 5. The standard InChI is InChI=1S/C12H18ClNO2S/c1-3-11(17(15,16)4-2)12(14)9-5-7-10(13)8-6-9/h5-8,11-12H,3-4,14H2,1-2H3. The van der Waals surface area contributed by atoms with Gasteiger partial charge in [0.15, 0.2) is 9.84 Å². The smallest absolute Gasteiger partial charge is 0.154 e. The summed E-state index contributed by atoms with van der Waals surface area (Å²) < 4.78 is 23.8. The highest BCUT2D eigenvalue weighted by molar-refractivity contribution is 7.92. The van der Waals surface area contributed by atoms with Crippen molar-refractivity contribution in [3.63, 3.8) is 0 Å². The van der Waals surface area contributed by atoms with Gasteiger partial charge in [0.25, 0.3) is 0 Å². The van der Waals surface area contributed by atoms with Crippen LogP contribution in [-0.2, 0) is 9.84 Å². The van der Waals surface area contributed by atoms with Gasteiger partial charge in [-0.2, -0.15) is 0 Å². The van der Waals surface area contributed by atoms with Crippen LogP contribution in [-0.4, -0.2) is 19.4 Å². The van der Waals surface area contributed by atoms with Crippen molar-refractivity contribution in [1.82, 2.24) is 0 Å². The summed E-state index contributed by atoms with van der Waals surface area (Å²) in [6.07, 6.45) is 0.514. The lowest BCUT2D eigenvalue weighted by Crippen LogP contribution is -2.34. The molecule has 0 amide bonds. The Kier molecular flexibility index (Phi) is 4.98. The van der Waals surface area contributed by atoms with Crippen LogP contribution in [0, 0.1) is 0 Å². The van der Waals surface area contributed by atoms with Crippen LogP contribution in [0.4, 0.5) is 0 Å². The number of benzene rings is 1. The van der Waals surface area contributed by atoms with Crippen LogP contribution in [0.15, 0.2) is 24.3 Å². The highest BCUT2D eigenvalue weighted by Crippen LogP contribution is 2.24. The van der Waals surface area contributed by atoms with Gasteiger partial charge < -0.3 is 5.73 Å². The van der Waals surface area contributed by atoms with Crippen molar-refractivity contribution >= 4 is 21.4 Å². The molecule has 1 rings (SSSR count). The molecule has 0 saturated heterocycles. The van der Waals surface area contributed by atoms with Crippen molar-refractivity contribution in [2.24, 2.45) is 5.73 Å². The lowest BCUT2D eigenvalue weighted by molar-refractivity contribution is 0.549. The molecular weight excluding hydrogens is 258 g/mol. The second kappa shape index (κ2) is 5.85. The molecule has 2 atom stereocenters. The maximum Gasteiger partial charge on any atom is 0.154 e. The Morgan fingerprint density at radius 2 is 1.76 bits per heavy atom. The van der Waals surface area contributed by atoms with E-state index in [-0.39, 0.29) is 5.75 Å². The molecule has 0 radical (unpaired) electrons. The first kappa shape index (κ1) is 14.5. The van der Waals surface area contributed by atoms with Gasteiger partial charge in [0.05, 0.1) is 5.25 Å². The zero-order valence-corrected chi connectivity index (χ0v) is 11.6. The van der Waals surface area contributed by atoms with E-state index in [1.54, 1.807) is 31.2 Å². The molecule has 0 aliphatic heterocycles. The molecule has 5 heteroatoms. The van der Waals surface area contributed by atoms with Gasteiger partial charge >= 0.3 is 0 Å². The van der Waals surface area contributed by atoms with Crippen molar-refractivity contribution in [3.8, 4) is 0 Å². The molecule has 0 aromatic heterocycles. The summed E-state index contributed by atoms with van der Waals surface area (Å²) in [7, 11) is -3.13. The maximum atomic E-state index is 11.9. The molecule has 0 aliphatic carbocycles. The van der Waals surface area contributed by atoms with Crippen molar-refractivity contribution in [1.29, 1.82) is 0 Å². The number of nitrogens with two attached hydrogens (primary N) is 1. The van der Waals surface area contributed by atoms with Crippen molar-refractivity contribution in [2.45, 2.75) is 31.6 Å². The number of hydrogen-bond donors (Lipinski definition) is 1. The summed E-state index contributed by atoms with van der Waals surface area (Å²) in [5.41, 5.74) is 6.84. The second-order valence-electron chi connectivity index (χ2n) is 3.98. The molecule has 0 fully saturated rings. The lowest BCUT2D eigenvalue weighted by atomic mass is 10.0. The van der Waals surface area contributed by atoms with Gasteiger partial charge in [-0.3, -0.25) is 0 Å². The summed E-state index contributed by atoms with van der Waals surface area (Å²) in [4.78, 5) is 0. The zero-order valence-electron chi connectivity index (χ0n) is 10.1. The molecule has 2 unspecified atom stereocenters. The third-order valence-electron chi connectivity index (χ3n) is 2.92. The van der Waals surface area contributed by atoms with E-state index in [1.165, 1.54) is 0 Å². The van der Waals surface area contributed by atoms with E-state index in [0.717, 1.165) is 5.56 Å². The summed E-state index contributed by atoms with van der Waals surface area (Å²) in [5.74, 6) is 0.118. The molecule has 2 N–H and O–H groups in total. The maximum absolute atomic E-state index is 11.9. The van der Waals surface area contributed by atoms with Crippen LogP contribution >= 0.6 is 11.6 Å². The minimum absolute atomic E-state index is 0.118. The Morgan fingerprint density at radius 1 is 1.24 bits per heavy atom. The van der Waals surface area contributed by atoms with Crippen LogP contribution in [0.3, 0.4) is 0 Å². The van der Waals surface area contributed by atoms with E-state index in [1.807, 2.05) is 6.92 Å². The molecule has 0 heterocycles. The van der Waals surface area contributed by atoms with E-state index >= 15 is 0 Å². The molecule has 96 valence electrons. The van der Waals surface area contributed by atoms with Crippen molar-refractivity contribution in [2.75, 3.05) is 5.75 Å². The van der Waals surface area contributed by atoms with E-state index in [2.05, 4.69) is 0 Å². The predicted octanol–water partition coefficient (Wildman–Crippen LogP) is 2.55. The van der Waals surface area contributed by atoms with Gasteiger partial charge in [-0.15, -0.1) is 0 Å². The molecule has 1 aromatic carbocycles. The fourth-order valence-electron chi connectivity index (χ4n) is 1.84. The van der Waals surface area contributed by atoms with Gasteiger partial charge in [-0.1, -0.05) is 37.6 Å². The SMILES string of the molecule is CCC(C(N)c1ccc(Cl)cc1)S(=O)(=O)CC. The Labute approximate surface area is 108 Å². The van der Waals surface area contributed by atoms with Gasteiger partial charge in [-0.05, 0) is 24.1 Å². The zero-order chi connectivity index (χ0) is 13.1. The quantitative estimate of drug-likeness (QED) is 0.898. The fraction of sp³-hybridized carbons (Fsp3) is 0.500. The highest BCUT2D eigenvalue weighted by Gasteiger charge is 2.29. The molecular formula is C12H18ClNO2S. The fourth-order valence-corrected chi connectivity index (χ4v) is 3.51. The minimum Gasteiger partial charge on any atom is -0.323 e. The lowest BCUT2D eigenvalue weighted by Gasteiger charge is -2.22. The first-order valence-electron chi connectivity index (χ1n) is 5.65. The van der Waals surface area contributed by atoms with Gasteiger partial charge in [0.1, 0.15) is 0 Å². The van der Waals surface area contributed by atoms with Crippen LogP contribution in [0.2, 0.25) is 5.02 Å². The van der Waals surface area contributed by atoms with Gasteiger partial charge in [-0.25, -0.2) is 8.42 Å². The monoisotopic (exact) mass is 275 g/mol. The van der Waals surface area contributed by atoms with Gasteiger partial charge in [0.2, 0.25) is 0 Å². The molecule has 0 saturated carbocycles. The Bertz CT molecular complexity index is 456. The van der Waals surface area contributed by atoms with Crippen LogP contribution in [0.5, 0.6) is 0 Å². The molecule has 0 bridgehead atoms. The third-order valence-corrected chi connectivity index (χ3v) is 5.53. The molecule has 0 aliphatic rings. The Hall–Kier alpha value is -0.580. The number of hydrogen-bond acceptors (Lipinski definition) is 3. The van der Waals surface area contributed by atoms with Crippen molar-refractivity contribution in [3.05, 3.63) is 34.9 Å². The van der Waals surface area contributed by atoms with E-state index in [0.29, 0.717) is 11.4 Å². The van der Waals surface area contributed by atoms with E-state index in [4.69, 9.17) is 17.3 Å². The van der Waals surface area contributed by atoms with Crippen LogP contribution in [0.1, 0.15) is 31.9 Å². The average Bonchev–Trinajstić information content (AvgIpc) is 2.30. The topological polar surface area (TPSA) is 60.2 Å². The van der Waals surface area contributed by atoms with Gasteiger partial charge in [0, 0.05) is 16.8 Å². The normalized spacial score (nSPS) is 15.5. The summed E-state index contributed by atoms with van der Waals surface area (Å²) in [6, 6.07) is 6.51. The molecule has 0 spiro atoms. The third kappa shape index (κ3) is 3.44. The van der Waals surface area contributed by atoms with Crippen LogP contribution < -0.4 is 5.73 Å². The molecule has 1 aromatic rings. The van der Waals surface area contributed by atoms with E-state index in [9.17, 15) is 8.42 Å². The number of halogens is 1. The molecule has 3 nitrogen and oxygen atoms in total.